The van der Waals surface area contributed by atoms with Crippen LogP contribution in [0.15, 0.2) is 18.2 Å². The van der Waals surface area contributed by atoms with Crippen LogP contribution in [0.2, 0.25) is 0 Å². The van der Waals surface area contributed by atoms with Crippen LogP contribution in [0, 0.1) is 11.8 Å². The minimum atomic E-state index is -0.979. The van der Waals surface area contributed by atoms with Crippen LogP contribution in [0.3, 0.4) is 0 Å². The average Bonchev–Trinajstić information content (AvgIpc) is 2.33. The quantitative estimate of drug-likeness (QED) is 0.821. The molecule has 0 aliphatic heterocycles. The second kappa shape index (κ2) is 5.51. The zero-order valence-electron chi connectivity index (χ0n) is 11.4. The van der Waals surface area contributed by atoms with E-state index in [1.165, 1.54) is 6.07 Å². The molecule has 3 N–H and O–H groups in total. The lowest BCUT2D eigenvalue weighted by Crippen LogP contribution is -2.29. The van der Waals surface area contributed by atoms with Gasteiger partial charge in [0.05, 0.1) is 6.10 Å². The molecule has 4 nitrogen and oxygen atoms in total. The molecule has 1 aromatic carbocycles. The van der Waals surface area contributed by atoms with Gasteiger partial charge in [0.2, 0.25) is 0 Å². The molecule has 0 aromatic heterocycles. The first-order valence-electron chi connectivity index (χ1n) is 6.77. The number of hydrogen-bond acceptors (Lipinski definition) is 3. The van der Waals surface area contributed by atoms with Crippen molar-refractivity contribution >= 4 is 11.7 Å². The molecular weight excluding hydrogens is 242 g/mol. The highest BCUT2D eigenvalue weighted by Gasteiger charge is 2.26. The maximum atomic E-state index is 11.2. The minimum absolute atomic E-state index is 0.0890. The molecule has 0 spiro atoms. The Morgan fingerprint density at radius 2 is 2.05 bits per heavy atom. The topological polar surface area (TPSA) is 72.5 Å². The number of carboxylic acids is 1. The summed E-state index contributed by atoms with van der Waals surface area (Å²) in [6, 6.07) is 4.69. The second-order valence-corrected chi connectivity index (χ2v) is 5.57. The first-order chi connectivity index (χ1) is 8.97. The van der Waals surface area contributed by atoms with Crippen molar-refractivity contribution in [3.63, 3.8) is 0 Å². The van der Waals surface area contributed by atoms with Gasteiger partial charge in [-0.2, -0.15) is 0 Å². The second-order valence-electron chi connectivity index (χ2n) is 5.57. The van der Waals surface area contributed by atoms with Crippen LogP contribution in [0.1, 0.15) is 43.5 Å². The first kappa shape index (κ1) is 13.7. The van der Waals surface area contributed by atoms with Gasteiger partial charge in [0.25, 0.3) is 0 Å². The van der Waals surface area contributed by atoms with Crippen molar-refractivity contribution in [2.75, 3.05) is 5.73 Å². The van der Waals surface area contributed by atoms with E-state index in [4.69, 9.17) is 15.6 Å². The van der Waals surface area contributed by atoms with E-state index in [0.29, 0.717) is 23.3 Å². The van der Waals surface area contributed by atoms with Crippen LogP contribution in [-0.4, -0.2) is 17.2 Å². The molecule has 0 saturated heterocycles. The summed E-state index contributed by atoms with van der Waals surface area (Å²) in [5.41, 5.74) is 6.42. The Hall–Kier alpha value is -1.71. The summed E-state index contributed by atoms with van der Waals surface area (Å²) in [6.07, 6.45) is 3.15. The fourth-order valence-electron chi connectivity index (χ4n) is 2.60. The van der Waals surface area contributed by atoms with Crippen molar-refractivity contribution in [2.24, 2.45) is 11.8 Å². The van der Waals surface area contributed by atoms with Crippen molar-refractivity contribution in [1.82, 2.24) is 0 Å². The van der Waals surface area contributed by atoms with E-state index in [-0.39, 0.29) is 11.7 Å². The summed E-state index contributed by atoms with van der Waals surface area (Å²) in [7, 11) is 0. The molecule has 0 bridgehead atoms. The molecule has 3 atom stereocenters. The van der Waals surface area contributed by atoms with Gasteiger partial charge in [-0.1, -0.05) is 13.8 Å². The Balaban J connectivity index is 2.14. The maximum absolute atomic E-state index is 11.2. The molecular formula is C15H21NO3. The average molecular weight is 263 g/mol. The van der Waals surface area contributed by atoms with Gasteiger partial charge in [-0.3, -0.25) is 0 Å². The van der Waals surface area contributed by atoms with Crippen molar-refractivity contribution in [3.05, 3.63) is 23.8 Å². The number of nitrogen functional groups attached to an aromatic ring is 1. The molecule has 19 heavy (non-hydrogen) atoms. The third-order valence-electron chi connectivity index (χ3n) is 4.08. The molecule has 0 heterocycles. The summed E-state index contributed by atoms with van der Waals surface area (Å²) >= 11 is 0. The number of carboxylic acid groups (broad SMARTS) is 1. The standard InChI is InChI=1S/C15H21NO3/c1-9-3-5-12(7-10(9)2)19-14-8-11(16)4-6-13(14)15(17)18/h4,6,8-10,12H,3,5,7,16H2,1-2H3,(H,17,18). The third-order valence-corrected chi connectivity index (χ3v) is 4.08. The Kier molecular flexibility index (Phi) is 3.98. The Labute approximate surface area is 113 Å². The Morgan fingerprint density at radius 1 is 1.32 bits per heavy atom. The SMILES string of the molecule is CC1CCC(Oc2cc(N)ccc2C(=O)O)CC1C. The van der Waals surface area contributed by atoms with Gasteiger partial charge < -0.3 is 15.6 Å². The van der Waals surface area contributed by atoms with E-state index in [0.717, 1.165) is 19.3 Å². The molecule has 104 valence electrons. The van der Waals surface area contributed by atoms with Crippen molar-refractivity contribution in [2.45, 2.75) is 39.2 Å². The maximum Gasteiger partial charge on any atom is 0.339 e. The normalized spacial score (nSPS) is 26.9. The van der Waals surface area contributed by atoms with E-state index in [9.17, 15) is 4.79 Å². The van der Waals surface area contributed by atoms with Gasteiger partial charge in [0.15, 0.2) is 0 Å². The molecule has 1 aliphatic rings. The predicted molar refractivity (Wildman–Crippen MR) is 74.4 cm³/mol. The highest BCUT2D eigenvalue weighted by molar-refractivity contribution is 5.91. The fraction of sp³-hybridized carbons (Fsp3) is 0.533. The van der Waals surface area contributed by atoms with Gasteiger partial charge in [0.1, 0.15) is 11.3 Å². The first-order valence-corrected chi connectivity index (χ1v) is 6.77. The van der Waals surface area contributed by atoms with E-state index in [2.05, 4.69) is 13.8 Å². The van der Waals surface area contributed by atoms with Gasteiger partial charge in [-0.15, -0.1) is 0 Å². The molecule has 1 fully saturated rings. The van der Waals surface area contributed by atoms with Gasteiger partial charge >= 0.3 is 5.97 Å². The molecule has 2 rings (SSSR count). The van der Waals surface area contributed by atoms with Crippen LogP contribution < -0.4 is 10.5 Å². The van der Waals surface area contributed by atoms with Crippen LogP contribution in [0.25, 0.3) is 0 Å². The lowest BCUT2D eigenvalue weighted by Gasteiger charge is -2.32. The molecule has 1 aliphatic carbocycles. The van der Waals surface area contributed by atoms with Crippen LogP contribution in [-0.2, 0) is 0 Å². The van der Waals surface area contributed by atoms with Crippen LogP contribution in [0.4, 0.5) is 5.69 Å². The molecule has 0 amide bonds. The number of nitrogens with two attached hydrogens (primary N) is 1. The zero-order valence-corrected chi connectivity index (χ0v) is 11.4. The van der Waals surface area contributed by atoms with Crippen molar-refractivity contribution in [1.29, 1.82) is 0 Å². The molecule has 1 aromatic rings. The smallest absolute Gasteiger partial charge is 0.339 e. The zero-order chi connectivity index (χ0) is 14.0. The van der Waals surface area contributed by atoms with E-state index in [1.54, 1.807) is 12.1 Å². The van der Waals surface area contributed by atoms with E-state index < -0.39 is 5.97 Å². The summed E-state index contributed by atoms with van der Waals surface area (Å²) in [5, 5.41) is 9.16. The molecule has 0 radical (unpaired) electrons. The van der Waals surface area contributed by atoms with E-state index in [1.807, 2.05) is 0 Å². The van der Waals surface area contributed by atoms with Crippen LogP contribution in [0.5, 0.6) is 5.75 Å². The predicted octanol–water partition coefficient (Wildman–Crippen LogP) is 3.17. The number of benzene rings is 1. The van der Waals surface area contributed by atoms with Crippen LogP contribution >= 0.6 is 0 Å². The minimum Gasteiger partial charge on any atom is -0.489 e. The highest BCUT2D eigenvalue weighted by Crippen LogP contribution is 2.33. The molecule has 4 heteroatoms. The number of carbonyl (C=O) groups is 1. The number of hydrogen-bond donors (Lipinski definition) is 2. The summed E-state index contributed by atoms with van der Waals surface area (Å²) in [6.45, 7) is 4.47. The highest BCUT2D eigenvalue weighted by atomic mass is 16.5. The fourth-order valence-corrected chi connectivity index (χ4v) is 2.60. The molecule has 1 saturated carbocycles. The molecule has 3 unspecified atom stereocenters. The third kappa shape index (κ3) is 3.19. The number of rotatable bonds is 3. The summed E-state index contributed by atoms with van der Waals surface area (Å²) in [4.78, 5) is 11.2. The Bertz CT molecular complexity index is 472. The van der Waals surface area contributed by atoms with Crippen molar-refractivity contribution in [3.8, 4) is 5.75 Å². The summed E-state index contributed by atoms with van der Waals surface area (Å²) in [5.74, 6) is 0.721. The lowest BCUT2D eigenvalue weighted by molar-refractivity contribution is 0.0676. The largest absolute Gasteiger partial charge is 0.489 e. The Morgan fingerprint density at radius 3 is 2.68 bits per heavy atom. The monoisotopic (exact) mass is 263 g/mol. The number of ether oxygens (including phenoxy) is 1. The lowest BCUT2D eigenvalue weighted by atomic mass is 9.80. The van der Waals surface area contributed by atoms with E-state index >= 15 is 0 Å². The van der Waals surface area contributed by atoms with Gasteiger partial charge in [0, 0.05) is 11.8 Å². The number of anilines is 1. The summed E-state index contributed by atoms with van der Waals surface area (Å²) < 4.78 is 5.89. The van der Waals surface area contributed by atoms with Gasteiger partial charge in [-0.05, 0) is 43.2 Å². The van der Waals surface area contributed by atoms with Gasteiger partial charge in [-0.25, -0.2) is 4.79 Å². The van der Waals surface area contributed by atoms with Crippen molar-refractivity contribution < 1.29 is 14.6 Å². The number of aromatic carboxylic acids is 1.